The minimum absolute atomic E-state index is 0.143. The Hall–Kier alpha value is -2.84. The molecule has 4 N–H and O–H groups in total. The van der Waals surface area contributed by atoms with Crippen LogP contribution in [0.15, 0.2) is 18.2 Å². The largest absolute Gasteiger partial charge is 0.504 e. The Labute approximate surface area is 175 Å². The summed E-state index contributed by atoms with van der Waals surface area (Å²) in [6.45, 7) is -0.367. The molecule has 164 valence electrons. The quantitative estimate of drug-likeness (QED) is 0.503. The molecule has 0 spiro atoms. The fourth-order valence-electron chi connectivity index (χ4n) is 4.44. The number of rotatable bonds is 7. The van der Waals surface area contributed by atoms with Crippen LogP contribution in [0.3, 0.4) is 0 Å². The van der Waals surface area contributed by atoms with Crippen LogP contribution < -0.4 is 18.9 Å². The molecule has 0 amide bonds. The van der Waals surface area contributed by atoms with Gasteiger partial charge in [-0.3, -0.25) is 0 Å². The fraction of sp³-hybridized carbons (Fsp3) is 0.455. The van der Waals surface area contributed by atoms with Crippen molar-refractivity contribution < 1.29 is 39.4 Å². The first kappa shape index (κ1) is 21.9. The average molecular weight is 420 g/mol. The minimum atomic E-state index is -0.540. The lowest BCUT2D eigenvalue weighted by Gasteiger charge is -2.39. The number of phenolic OH excluding ortho intramolecular Hbond substituents is 2. The molecule has 0 saturated heterocycles. The number of benzene rings is 2. The number of hydrogen-bond donors (Lipinski definition) is 4. The number of methoxy groups -OCH3 is 4. The SMILES string of the molecule is COc1cc2c(c(O)c1O)C(c1cc(OC)c(OC)c(OC)c1)C(CO)C(CO)C2. The molecule has 0 fully saturated rings. The number of phenols is 2. The third kappa shape index (κ3) is 3.46. The van der Waals surface area contributed by atoms with E-state index >= 15 is 0 Å². The van der Waals surface area contributed by atoms with Crippen molar-refractivity contribution in [3.63, 3.8) is 0 Å². The lowest BCUT2D eigenvalue weighted by atomic mass is 9.66. The molecule has 8 nitrogen and oxygen atoms in total. The van der Waals surface area contributed by atoms with Gasteiger partial charge in [0.1, 0.15) is 0 Å². The van der Waals surface area contributed by atoms with Crippen LogP contribution in [0.1, 0.15) is 22.6 Å². The van der Waals surface area contributed by atoms with Crippen LogP contribution >= 0.6 is 0 Å². The Morgan fingerprint density at radius 3 is 1.87 bits per heavy atom. The van der Waals surface area contributed by atoms with Crippen LogP contribution in [0.4, 0.5) is 0 Å². The molecular formula is C22H28O8. The van der Waals surface area contributed by atoms with Crippen LogP contribution in [0, 0.1) is 11.8 Å². The van der Waals surface area contributed by atoms with E-state index in [-0.39, 0.29) is 36.4 Å². The van der Waals surface area contributed by atoms with Gasteiger partial charge in [-0.05, 0) is 47.6 Å². The van der Waals surface area contributed by atoms with Crippen molar-refractivity contribution in [2.75, 3.05) is 41.7 Å². The lowest BCUT2D eigenvalue weighted by molar-refractivity contribution is 0.1000. The summed E-state index contributed by atoms with van der Waals surface area (Å²) in [4.78, 5) is 0. The summed E-state index contributed by atoms with van der Waals surface area (Å²) in [5.41, 5.74) is 1.89. The van der Waals surface area contributed by atoms with Crippen LogP contribution in [0.25, 0.3) is 0 Å². The average Bonchev–Trinajstić information content (AvgIpc) is 2.78. The van der Waals surface area contributed by atoms with Gasteiger partial charge in [0.15, 0.2) is 23.0 Å². The summed E-state index contributed by atoms with van der Waals surface area (Å²) in [5, 5.41) is 41.5. The highest BCUT2D eigenvalue weighted by Gasteiger charge is 2.41. The van der Waals surface area contributed by atoms with Crippen molar-refractivity contribution in [3.8, 4) is 34.5 Å². The zero-order valence-electron chi connectivity index (χ0n) is 17.5. The van der Waals surface area contributed by atoms with Gasteiger partial charge >= 0.3 is 0 Å². The van der Waals surface area contributed by atoms with E-state index < -0.39 is 11.8 Å². The highest BCUT2D eigenvalue weighted by atomic mass is 16.5. The molecule has 30 heavy (non-hydrogen) atoms. The first-order chi connectivity index (χ1) is 14.4. The summed E-state index contributed by atoms with van der Waals surface area (Å²) in [6.07, 6.45) is 0.419. The molecule has 0 radical (unpaired) electrons. The Balaban J connectivity index is 2.31. The van der Waals surface area contributed by atoms with Crippen LogP contribution in [-0.2, 0) is 6.42 Å². The molecule has 3 unspecified atom stereocenters. The minimum Gasteiger partial charge on any atom is -0.504 e. The van der Waals surface area contributed by atoms with Gasteiger partial charge in [0.25, 0.3) is 0 Å². The first-order valence-electron chi connectivity index (χ1n) is 9.58. The van der Waals surface area contributed by atoms with Crippen LogP contribution in [0.5, 0.6) is 34.5 Å². The van der Waals surface area contributed by atoms with Crippen molar-refractivity contribution >= 4 is 0 Å². The van der Waals surface area contributed by atoms with Gasteiger partial charge in [0.2, 0.25) is 11.5 Å². The molecule has 8 heteroatoms. The predicted octanol–water partition coefficient (Wildman–Crippen LogP) is 2.04. The molecule has 0 aromatic heterocycles. The maximum Gasteiger partial charge on any atom is 0.203 e. The Kier molecular flexibility index (Phi) is 6.48. The molecule has 0 heterocycles. The summed E-state index contributed by atoms with van der Waals surface area (Å²) < 4.78 is 21.5. The third-order valence-electron chi connectivity index (χ3n) is 5.90. The van der Waals surface area contributed by atoms with Crippen molar-refractivity contribution in [1.82, 2.24) is 0 Å². The second kappa shape index (κ2) is 8.89. The summed E-state index contributed by atoms with van der Waals surface area (Å²) in [7, 11) is 5.92. The Morgan fingerprint density at radius 1 is 0.800 bits per heavy atom. The number of aliphatic hydroxyl groups is 2. The van der Waals surface area contributed by atoms with Gasteiger partial charge in [0, 0.05) is 24.7 Å². The maximum atomic E-state index is 10.9. The monoisotopic (exact) mass is 420 g/mol. The summed E-state index contributed by atoms with van der Waals surface area (Å²) in [6, 6.07) is 5.16. The lowest BCUT2D eigenvalue weighted by Crippen LogP contribution is -2.35. The van der Waals surface area contributed by atoms with E-state index in [1.165, 1.54) is 28.4 Å². The topological polar surface area (TPSA) is 118 Å². The first-order valence-corrected chi connectivity index (χ1v) is 9.58. The molecule has 3 rings (SSSR count). The van der Waals surface area contributed by atoms with E-state index in [9.17, 15) is 20.4 Å². The van der Waals surface area contributed by atoms with Crippen molar-refractivity contribution in [2.24, 2.45) is 11.8 Å². The van der Waals surface area contributed by atoms with Crippen LogP contribution in [0.2, 0.25) is 0 Å². The van der Waals surface area contributed by atoms with Crippen molar-refractivity contribution in [2.45, 2.75) is 12.3 Å². The second-order valence-electron chi connectivity index (χ2n) is 7.28. The molecular weight excluding hydrogens is 392 g/mol. The van der Waals surface area contributed by atoms with Crippen LogP contribution in [-0.4, -0.2) is 62.1 Å². The zero-order chi connectivity index (χ0) is 22.0. The van der Waals surface area contributed by atoms with Gasteiger partial charge in [-0.1, -0.05) is 0 Å². The number of fused-ring (bicyclic) bond motifs is 1. The van der Waals surface area contributed by atoms with Gasteiger partial charge in [-0.25, -0.2) is 0 Å². The zero-order valence-corrected chi connectivity index (χ0v) is 17.5. The van der Waals surface area contributed by atoms with Gasteiger partial charge in [-0.15, -0.1) is 0 Å². The number of hydrogen-bond acceptors (Lipinski definition) is 8. The van der Waals surface area contributed by atoms with E-state index in [1.807, 2.05) is 0 Å². The van der Waals surface area contributed by atoms with Gasteiger partial charge in [0.05, 0.1) is 28.4 Å². The van der Waals surface area contributed by atoms with Crippen molar-refractivity contribution in [3.05, 3.63) is 34.9 Å². The van der Waals surface area contributed by atoms with E-state index in [1.54, 1.807) is 18.2 Å². The smallest absolute Gasteiger partial charge is 0.203 e. The Bertz CT molecular complexity index is 885. The van der Waals surface area contributed by atoms with E-state index in [0.29, 0.717) is 34.8 Å². The summed E-state index contributed by atoms with van der Waals surface area (Å²) >= 11 is 0. The van der Waals surface area contributed by atoms with Crippen molar-refractivity contribution in [1.29, 1.82) is 0 Å². The van der Waals surface area contributed by atoms with Gasteiger partial charge < -0.3 is 39.4 Å². The van der Waals surface area contributed by atoms with E-state index in [2.05, 4.69) is 0 Å². The standard InChI is InChI=1S/C22H28O8/c1-27-15-6-11-5-13(9-23)14(10-24)18(19(11)21(26)20(15)25)12-7-16(28-2)22(30-4)17(8-12)29-3/h6-8,13-14,18,23-26H,5,9-10H2,1-4H3. The number of ether oxygens (including phenoxy) is 4. The van der Waals surface area contributed by atoms with E-state index in [4.69, 9.17) is 18.9 Å². The molecule has 1 aliphatic carbocycles. The number of aliphatic hydroxyl groups excluding tert-OH is 2. The molecule has 0 saturated carbocycles. The maximum absolute atomic E-state index is 10.9. The second-order valence-corrected chi connectivity index (χ2v) is 7.28. The normalized spacial score (nSPS) is 20.4. The molecule has 3 atom stereocenters. The van der Waals surface area contributed by atoms with E-state index in [0.717, 1.165) is 5.56 Å². The predicted molar refractivity (Wildman–Crippen MR) is 109 cm³/mol. The summed E-state index contributed by atoms with van der Waals surface area (Å²) in [5.74, 6) is -0.479. The molecule has 2 aromatic carbocycles. The highest BCUT2D eigenvalue weighted by Crippen LogP contribution is 2.54. The molecule has 0 bridgehead atoms. The fourth-order valence-corrected chi connectivity index (χ4v) is 4.44. The molecule has 0 aliphatic heterocycles. The Morgan fingerprint density at radius 2 is 1.40 bits per heavy atom. The molecule has 2 aromatic rings. The highest BCUT2D eigenvalue weighted by molar-refractivity contribution is 5.63. The van der Waals surface area contributed by atoms with Gasteiger partial charge in [-0.2, -0.15) is 0 Å². The number of aromatic hydroxyl groups is 2. The third-order valence-corrected chi connectivity index (χ3v) is 5.90. The molecule has 1 aliphatic rings.